The third kappa shape index (κ3) is 3.40. The lowest BCUT2D eigenvalue weighted by Crippen LogP contribution is -2.27. The fourth-order valence-corrected chi connectivity index (χ4v) is 1.16. The molecular weight excluding hydrogens is 224 g/mol. The molecule has 1 rings (SSSR count). The molecule has 0 radical (unpaired) electrons. The highest BCUT2D eigenvalue weighted by Gasteiger charge is 2.12. The predicted octanol–water partition coefficient (Wildman–Crippen LogP) is -0.301. The van der Waals surface area contributed by atoms with Crippen molar-refractivity contribution in [1.82, 2.24) is 15.1 Å². The Bertz CT molecular complexity index is 416. The quantitative estimate of drug-likeness (QED) is 0.775. The average molecular weight is 238 g/mol. The smallest absolute Gasteiger partial charge is 0.323 e. The highest BCUT2D eigenvalue weighted by atomic mass is 16.4. The number of likely N-dealkylation sites (N-methyl/N-ethyl adjacent to an activating group) is 1. The fourth-order valence-electron chi connectivity index (χ4n) is 1.16. The van der Waals surface area contributed by atoms with Crippen molar-refractivity contribution >= 4 is 17.7 Å². The van der Waals surface area contributed by atoms with Crippen LogP contribution in [0.1, 0.15) is 10.5 Å². The van der Waals surface area contributed by atoms with E-state index in [2.05, 4.69) is 10.2 Å². The molecule has 1 heterocycles. The monoisotopic (exact) mass is 238 g/mol. The summed E-state index contributed by atoms with van der Waals surface area (Å²) in [6, 6.07) is 3.08. The maximum atomic E-state index is 11.5. The van der Waals surface area contributed by atoms with Crippen LogP contribution in [0.25, 0.3) is 0 Å². The topological polar surface area (TPSA) is 86.6 Å². The van der Waals surface area contributed by atoms with E-state index in [1.54, 1.807) is 27.2 Å². The van der Waals surface area contributed by atoms with Gasteiger partial charge in [-0.3, -0.25) is 9.59 Å². The van der Waals surface area contributed by atoms with Crippen LogP contribution in [0, 0.1) is 0 Å². The van der Waals surface area contributed by atoms with Crippen LogP contribution in [0.15, 0.2) is 12.1 Å². The summed E-state index contributed by atoms with van der Waals surface area (Å²) >= 11 is 0. The minimum absolute atomic E-state index is 0.171. The summed E-state index contributed by atoms with van der Waals surface area (Å²) in [6.45, 7) is -0.171. The van der Waals surface area contributed by atoms with E-state index < -0.39 is 5.97 Å². The molecule has 0 fully saturated rings. The number of aromatic nitrogens is 2. The number of amides is 1. The molecule has 1 aromatic rings. The molecule has 0 aliphatic carbocycles. The lowest BCUT2D eigenvalue weighted by molar-refractivity contribution is -0.135. The maximum absolute atomic E-state index is 11.5. The molecule has 0 spiro atoms. The van der Waals surface area contributed by atoms with Gasteiger partial charge in [0.2, 0.25) is 0 Å². The highest BCUT2D eigenvalue weighted by Crippen LogP contribution is 2.07. The molecule has 1 amide bonds. The van der Waals surface area contributed by atoms with Crippen molar-refractivity contribution in [3.8, 4) is 0 Å². The van der Waals surface area contributed by atoms with Crippen LogP contribution in [-0.4, -0.2) is 59.8 Å². The first kappa shape index (κ1) is 12.9. The third-order valence-corrected chi connectivity index (χ3v) is 2.04. The Hall–Kier alpha value is -2.18. The zero-order chi connectivity index (χ0) is 13.0. The zero-order valence-electron chi connectivity index (χ0n) is 9.91. The van der Waals surface area contributed by atoms with Crippen molar-refractivity contribution in [1.29, 1.82) is 0 Å². The second-order valence-corrected chi connectivity index (χ2v) is 3.73. The highest BCUT2D eigenvalue weighted by molar-refractivity contribution is 5.91. The number of carbonyl (C=O) groups is 2. The standard InChI is InChI=1S/C10H14N4O3/c1-13(2)10(17)7-4-5-8(12-11-7)14(3)6-9(15)16/h4-5H,6H2,1-3H3,(H,15,16). The molecule has 0 bridgehead atoms. The first-order valence-corrected chi connectivity index (χ1v) is 4.90. The number of aliphatic carboxylic acids is 1. The van der Waals surface area contributed by atoms with Crippen molar-refractivity contribution in [2.45, 2.75) is 0 Å². The van der Waals surface area contributed by atoms with Crippen molar-refractivity contribution in [2.24, 2.45) is 0 Å². The van der Waals surface area contributed by atoms with E-state index >= 15 is 0 Å². The van der Waals surface area contributed by atoms with Gasteiger partial charge in [-0.2, -0.15) is 0 Å². The normalized spacial score (nSPS) is 9.82. The first-order chi connectivity index (χ1) is 7.91. The van der Waals surface area contributed by atoms with Gasteiger partial charge in [-0.15, -0.1) is 10.2 Å². The second-order valence-electron chi connectivity index (χ2n) is 3.73. The molecule has 0 saturated heterocycles. The third-order valence-electron chi connectivity index (χ3n) is 2.04. The molecule has 0 unspecified atom stereocenters. The Labute approximate surface area is 98.7 Å². The summed E-state index contributed by atoms with van der Waals surface area (Å²) in [6.07, 6.45) is 0. The summed E-state index contributed by atoms with van der Waals surface area (Å²) in [5.41, 5.74) is 0.225. The minimum Gasteiger partial charge on any atom is -0.480 e. The van der Waals surface area contributed by atoms with Gasteiger partial charge < -0.3 is 14.9 Å². The van der Waals surface area contributed by atoms with Gasteiger partial charge in [0.05, 0.1) is 0 Å². The van der Waals surface area contributed by atoms with E-state index in [-0.39, 0.29) is 18.1 Å². The molecule has 17 heavy (non-hydrogen) atoms. The molecule has 92 valence electrons. The van der Waals surface area contributed by atoms with Crippen LogP contribution in [0.4, 0.5) is 5.82 Å². The predicted molar refractivity (Wildman–Crippen MR) is 61.0 cm³/mol. The van der Waals surface area contributed by atoms with Crippen LogP contribution < -0.4 is 4.90 Å². The SMILES string of the molecule is CN(C)C(=O)c1ccc(N(C)CC(=O)O)nn1. The van der Waals surface area contributed by atoms with Gasteiger partial charge in [0.25, 0.3) is 5.91 Å². The molecule has 0 aliphatic heterocycles. The van der Waals surface area contributed by atoms with E-state index in [9.17, 15) is 9.59 Å². The minimum atomic E-state index is -0.956. The number of hydrogen-bond donors (Lipinski definition) is 1. The van der Waals surface area contributed by atoms with Crippen LogP contribution in [-0.2, 0) is 4.79 Å². The molecular formula is C10H14N4O3. The van der Waals surface area contributed by atoms with Gasteiger partial charge in [-0.05, 0) is 12.1 Å². The van der Waals surface area contributed by atoms with E-state index in [0.717, 1.165) is 0 Å². The summed E-state index contributed by atoms with van der Waals surface area (Å²) in [4.78, 5) is 24.8. The van der Waals surface area contributed by atoms with Crippen LogP contribution in [0.2, 0.25) is 0 Å². The number of nitrogens with zero attached hydrogens (tertiary/aromatic N) is 4. The Morgan fingerprint density at radius 1 is 1.24 bits per heavy atom. The van der Waals surface area contributed by atoms with E-state index in [1.165, 1.54) is 15.9 Å². The van der Waals surface area contributed by atoms with Crippen molar-refractivity contribution in [3.63, 3.8) is 0 Å². The van der Waals surface area contributed by atoms with Crippen LogP contribution in [0.5, 0.6) is 0 Å². The Morgan fingerprint density at radius 3 is 2.29 bits per heavy atom. The molecule has 7 nitrogen and oxygen atoms in total. The molecule has 0 aliphatic rings. The van der Waals surface area contributed by atoms with E-state index in [0.29, 0.717) is 5.82 Å². The zero-order valence-corrected chi connectivity index (χ0v) is 9.91. The van der Waals surface area contributed by atoms with E-state index in [1.807, 2.05) is 0 Å². The van der Waals surface area contributed by atoms with Gasteiger partial charge in [0.1, 0.15) is 6.54 Å². The average Bonchev–Trinajstić information content (AvgIpc) is 2.27. The number of carbonyl (C=O) groups excluding carboxylic acids is 1. The molecule has 0 aromatic carbocycles. The fraction of sp³-hybridized carbons (Fsp3) is 0.400. The van der Waals surface area contributed by atoms with Crippen LogP contribution in [0.3, 0.4) is 0 Å². The van der Waals surface area contributed by atoms with Crippen molar-refractivity contribution < 1.29 is 14.7 Å². The molecule has 1 aromatic heterocycles. The van der Waals surface area contributed by atoms with Crippen LogP contribution >= 0.6 is 0 Å². The summed E-state index contributed by atoms with van der Waals surface area (Å²) < 4.78 is 0. The van der Waals surface area contributed by atoms with Gasteiger partial charge in [0, 0.05) is 21.1 Å². The van der Waals surface area contributed by atoms with E-state index in [4.69, 9.17) is 5.11 Å². The van der Waals surface area contributed by atoms with Gasteiger partial charge in [-0.1, -0.05) is 0 Å². The van der Waals surface area contributed by atoms with Gasteiger partial charge >= 0.3 is 5.97 Å². The molecule has 7 heteroatoms. The Kier molecular flexibility index (Phi) is 3.97. The van der Waals surface area contributed by atoms with Gasteiger partial charge in [-0.25, -0.2) is 0 Å². The number of hydrogen-bond acceptors (Lipinski definition) is 5. The number of rotatable bonds is 4. The Morgan fingerprint density at radius 2 is 1.88 bits per heavy atom. The van der Waals surface area contributed by atoms with Crippen molar-refractivity contribution in [2.75, 3.05) is 32.6 Å². The lowest BCUT2D eigenvalue weighted by Gasteiger charge is -2.15. The Balaban J connectivity index is 2.81. The number of carboxylic acid groups (broad SMARTS) is 1. The summed E-state index contributed by atoms with van der Waals surface area (Å²) in [5, 5.41) is 16.2. The largest absolute Gasteiger partial charge is 0.480 e. The summed E-state index contributed by atoms with van der Waals surface area (Å²) in [5.74, 6) is -0.796. The summed E-state index contributed by atoms with van der Waals surface area (Å²) in [7, 11) is 4.83. The molecule has 0 saturated carbocycles. The lowest BCUT2D eigenvalue weighted by atomic mass is 10.3. The molecule has 0 atom stereocenters. The second kappa shape index (κ2) is 5.24. The first-order valence-electron chi connectivity index (χ1n) is 4.90. The van der Waals surface area contributed by atoms with Crippen molar-refractivity contribution in [3.05, 3.63) is 17.8 Å². The van der Waals surface area contributed by atoms with Gasteiger partial charge in [0.15, 0.2) is 11.5 Å². The maximum Gasteiger partial charge on any atom is 0.323 e. The number of carboxylic acids is 1. The number of anilines is 1. The molecule has 1 N–H and O–H groups in total.